The SMILES string of the molecule is CCOC(C(C)C)C(N)c1cccnc1. The van der Waals surface area contributed by atoms with E-state index in [2.05, 4.69) is 18.8 Å². The lowest BCUT2D eigenvalue weighted by Gasteiger charge is -2.27. The summed E-state index contributed by atoms with van der Waals surface area (Å²) in [5.41, 5.74) is 7.19. The minimum Gasteiger partial charge on any atom is -0.376 e. The van der Waals surface area contributed by atoms with Gasteiger partial charge in [-0.3, -0.25) is 4.98 Å². The fraction of sp³-hybridized carbons (Fsp3) is 0.583. The van der Waals surface area contributed by atoms with E-state index in [0.29, 0.717) is 12.5 Å². The van der Waals surface area contributed by atoms with Crippen molar-refractivity contribution in [1.29, 1.82) is 0 Å². The minimum absolute atomic E-state index is 0.0548. The molecule has 0 aliphatic heterocycles. The highest BCUT2D eigenvalue weighted by molar-refractivity contribution is 5.15. The van der Waals surface area contributed by atoms with Crippen LogP contribution in [0.2, 0.25) is 0 Å². The van der Waals surface area contributed by atoms with Gasteiger partial charge in [0.05, 0.1) is 12.1 Å². The molecule has 84 valence electrons. The van der Waals surface area contributed by atoms with Crippen LogP contribution in [0.5, 0.6) is 0 Å². The second-order valence-electron chi connectivity index (χ2n) is 3.98. The Kier molecular flexibility index (Phi) is 4.72. The molecule has 0 aliphatic rings. The summed E-state index contributed by atoms with van der Waals surface area (Å²) in [6, 6.07) is 3.79. The van der Waals surface area contributed by atoms with E-state index in [1.165, 1.54) is 0 Å². The summed E-state index contributed by atoms with van der Waals surface area (Å²) in [4.78, 5) is 4.07. The Labute approximate surface area is 91.7 Å². The molecule has 3 nitrogen and oxygen atoms in total. The molecule has 2 N–H and O–H groups in total. The van der Waals surface area contributed by atoms with Crippen molar-refractivity contribution in [3.63, 3.8) is 0 Å². The van der Waals surface area contributed by atoms with Crippen LogP contribution < -0.4 is 5.73 Å². The zero-order chi connectivity index (χ0) is 11.3. The van der Waals surface area contributed by atoms with Crippen LogP contribution in [0.3, 0.4) is 0 Å². The van der Waals surface area contributed by atoms with Crippen LogP contribution in [-0.2, 0) is 4.74 Å². The first-order chi connectivity index (χ1) is 7.16. The second kappa shape index (κ2) is 5.83. The number of rotatable bonds is 5. The summed E-state index contributed by atoms with van der Waals surface area (Å²) in [6.45, 7) is 6.93. The van der Waals surface area contributed by atoms with Crippen molar-refractivity contribution in [3.05, 3.63) is 30.1 Å². The van der Waals surface area contributed by atoms with Gasteiger partial charge in [0.15, 0.2) is 0 Å². The Morgan fingerprint density at radius 1 is 1.47 bits per heavy atom. The molecule has 0 spiro atoms. The van der Waals surface area contributed by atoms with Crippen LogP contribution in [-0.4, -0.2) is 17.7 Å². The average molecular weight is 208 g/mol. The predicted octanol–water partition coefficient (Wildman–Crippen LogP) is 2.14. The van der Waals surface area contributed by atoms with E-state index in [1.54, 1.807) is 12.4 Å². The molecule has 2 atom stereocenters. The molecule has 0 fully saturated rings. The molecule has 1 aromatic rings. The summed E-state index contributed by atoms with van der Waals surface area (Å²) < 4.78 is 5.67. The van der Waals surface area contributed by atoms with Crippen LogP contribution in [0.25, 0.3) is 0 Å². The number of pyridine rings is 1. The highest BCUT2D eigenvalue weighted by Crippen LogP contribution is 2.21. The van der Waals surface area contributed by atoms with Gasteiger partial charge in [0, 0.05) is 19.0 Å². The third kappa shape index (κ3) is 3.29. The zero-order valence-electron chi connectivity index (χ0n) is 9.68. The highest BCUT2D eigenvalue weighted by Gasteiger charge is 2.22. The maximum atomic E-state index is 6.16. The first kappa shape index (κ1) is 12.1. The van der Waals surface area contributed by atoms with Gasteiger partial charge in [0.2, 0.25) is 0 Å². The van der Waals surface area contributed by atoms with E-state index in [9.17, 15) is 0 Å². The van der Waals surface area contributed by atoms with Crippen molar-refractivity contribution in [3.8, 4) is 0 Å². The fourth-order valence-corrected chi connectivity index (χ4v) is 1.67. The average Bonchev–Trinajstić information content (AvgIpc) is 2.26. The Bertz CT molecular complexity index is 274. The molecule has 0 aromatic carbocycles. The number of hydrogen-bond acceptors (Lipinski definition) is 3. The van der Waals surface area contributed by atoms with Gasteiger partial charge in [-0.15, -0.1) is 0 Å². The number of nitrogens with zero attached hydrogens (tertiary/aromatic N) is 1. The molecule has 1 rings (SSSR count). The van der Waals surface area contributed by atoms with Gasteiger partial charge < -0.3 is 10.5 Å². The molecule has 0 amide bonds. The topological polar surface area (TPSA) is 48.1 Å². The van der Waals surface area contributed by atoms with Gasteiger partial charge in [-0.05, 0) is 24.5 Å². The molecule has 0 saturated heterocycles. The van der Waals surface area contributed by atoms with E-state index >= 15 is 0 Å². The van der Waals surface area contributed by atoms with Crippen molar-refractivity contribution >= 4 is 0 Å². The van der Waals surface area contributed by atoms with Crippen LogP contribution in [0.4, 0.5) is 0 Å². The second-order valence-corrected chi connectivity index (χ2v) is 3.98. The molecule has 3 heteroatoms. The van der Waals surface area contributed by atoms with Gasteiger partial charge in [0.25, 0.3) is 0 Å². The van der Waals surface area contributed by atoms with E-state index < -0.39 is 0 Å². The molecule has 15 heavy (non-hydrogen) atoms. The van der Waals surface area contributed by atoms with Gasteiger partial charge >= 0.3 is 0 Å². The van der Waals surface area contributed by atoms with E-state index in [4.69, 9.17) is 10.5 Å². The Hall–Kier alpha value is -0.930. The molecule has 0 bridgehead atoms. The summed E-state index contributed by atoms with van der Waals surface area (Å²) in [7, 11) is 0. The largest absolute Gasteiger partial charge is 0.376 e. The Morgan fingerprint density at radius 2 is 2.20 bits per heavy atom. The molecule has 0 saturated carbocycles. The summed E-state index contributed by atoms with van der Waals surface area (Å²) in [5.74, 6) is 0.403. The summed E-state index contributed by atoms with van der Waals surface area (Å²) in [6.07, 6.45) is 3.61. The number of hydrogen-bond donors (Lipinski definition) is 1. The van der Waals surface area contributed by atoms with Gasteiger partial charge in [-0.1, -0.05) is 19.9 Å². The Balaban J connectivity index is 2.76. The molecular formula is C12H20N2O. The van der Waals surface area contributed by atoms with Gasteiger partial charge in [-0.2, -0.15) is 0 Å². The van der Waals surface area contributed by atoms with Crippen LogP contribution in [0.15, 0.2) is 24.5 Å². The molecule has 0 radical (unpaired) electrons. The first-order valence-corrected chi connectivity index (χ1v) is 5.44. The number of aromatic nitrogens is 1. The van der Waals surface area contributed by atoms with Crippen LogP contribution >= 0.6 is 0 Å². The fourth-order valence-electron chi connectivity index (χ4n) is 1.67. The molecular weight excluding hydrogens is 188 g/mol. The Morgan fingerprint density at radius 3 is 2.67 bits per heavy atom. The lowest BCUT2D eigenvalue weighted by Crippen LogP contribution is -2.33. The molecule has 1 aromatic heterocycles. The smallest absolute Gasteiger partial charge is 0.0790 e. The zero-order valence-corrected chi connectivity index (χ0v) is 9.68. The molecule has 0 aliphatic carbocycles. The monoisotopic (exact) mass is 208 g/mol. The summed E-state index contributed by atoms with van der Waals surface area (Å²) >= 11 is 0. The third-order valence-corrected chi connectivity index (χ3v) is 2.44. The van der Waals surface area contributed by atoms with E-state index in [0.717, 1.165) is 5.56 Å². The summed E-state index contributed by atoms with van der Waals surface area (Å²) in [5, 5.41) is 0. The highest BCUT2D eigenvalue weighted by atomic mass is 16.5. The van der Waals surface area contributed by atoms with Crippen molar-refractivity contribution in [2.24, 2.45) is 11.7 Å². The lowest BCUT2D eigenvalue weighted by atomic mass is 9.95. The predicted molar refractivity (Wildman–Crippen MR) is 61.4 cm³/mol. The van der Waals surface area contributed by atoms with Crippen molar-refractivity contribution in [2.45, 2.75) is 32.9 Å². The van der Waals surface area contributed by atoms with Gasteiger partial charge in [0.1, 0.15) is 0 Å². The maximum absolute atomic E-state index is 6.16. The minimum atomic E-state index is -0.0985. The van der Waals surface area contributed by atoms with Crippen molar-refractivity contribution in [1.82, 2.24) is 4.98 Å². The number of nitrogens with two attached hydrogens (primary N) is 1. The maximum Gasteiger partial charge on any atom is 0.0790 e. The molecule has 2 unspecified atom stereocenters. The van der Waals surface area contributed by atoms with Crippen molar-refractivity contribution < 1.29 is 4.74 Å². The third-order valence-electron chi connectivity index (χ3n) is 2.44. The van der Waals surface area contributed by atoms with Crippen molar-refractivity contribution in [2.75, 3.05) is 6.61 Å². The quantitative estimate of drug-likeness (QED) is 0.806. The standard InChI is InChI=1S/C12H20N2O/c1-4-15-12(9(2)3)11(13)10-6-5-7-14-8-10/h5-9,11-12H,4,13H2,1-3H3. The molecule has 1 heterocycles. The number of ether oxygens (including phenoxy) is 1. The van der Waals surface area contributed by atoms with Crippen LogP contribution in [0, 0.1) is 5.92 Å². The first-order valence-electron chi connectivity index (χ1n) is 5.44. The van der Waals surface area contributed by atoms with E-state index in [1.807, 2.05) is 19.1 Å². The van der Waals surface area contributed by atoms with E-state index in [-0.39, 0.29) is 12.1 Å². The van der Waals surface area contributed by atoms with Crippen LogP contribution in [0.1, 0.15) is 32.4 Å². The lowest BCUT2D eigenvalue weighted by molar-refractivity contribution is 0.0121. The normalized spacial score (nSPS) is 15.3. The van der Waals surface area contributed by atoms with Gasteiger partial charge in [-0.25, -0.2) is 0 Å².